The number of aryl methyl sites for hydroxylation is 1. The average molecular weight is 305 g/mol. The van der Waals surface area contributed by atoms with Gasteiger partial charge in [-0.3, -0.25) is 4.79 Å². The second-order valence-electron chi connectivity index (χ2n) is 6.71. The molecule has 0 atom stereocenters. The fourth-order valence-electron chi connectivity index (χ4n) is 3.99. The molecule has 1 aliphatic heterocycles. The van der Waals surface area contributed by atoms with Gasteiger partial charge in [0.2, 0.25) is 5.91 Å². The zero-order valence-electron chi connectivity index (χ0n) is 13.5. The first-order valence-electron chi connectivity index (χ1n) is 8.62. The quantitative estimate of drug-likeness (QED) is 0.926. The minimum atomic E-state index is 0.142. The molecule has 0 spiro atoms. The van der Waals surface area contributed by atoms with Crippen LogP contribution in [0.2, 0.25) is 0 Å². The number of aromatic nitrogens is 2. The summed E-state index contributed by atoms with van der Waals surface area (Å²) >= 11 is 0. The lowest BCUT2D eigenvalue weighted by atomic mass is 9.94. The molecule has 122 valence electrons. The number of carbonyl (C=O) groups excluding carboxylic acids is 1. The number of likely N-dealkylation sites (tertiary alicyclic amines) is 1. The van der Waals surface area contributed by atoms with E-state index >= 15 is 0 Å². The molecule has 0 unspecified atom stereocenters. The van der Waals surface area contributed by atoms with E-state index in [9.17, 15) is 9.90 Å². The van der Waals surface area contributed by atoms with Crippen molar-refractivity contribution in [2.75, 3.05) is 19.7 Å². The smallest absolute Gasteiger partial charge is 0.225 e. The summed E-state index contributed by atoms with van der Waals surface area (Å²) in [6.07, 6.45) is 8.45. The molecule has 0 bridgehead atoms. The Morgan fingerprint density at radius 1 is 1.27 bits per heavy atom. The van der Waals surface area contributed by atoms with Crippen molar-refractivity contribution >= 4 is 5.91 Å². The summed E-state index contributed by atoms with van der Waals surface area (Å²) in [5, 5.41) is 9.22. The molecule has 22 heavy (non-hydrogen) atoms. The molecular weight excluding hydrogens is 278 g/mol. The average Bonchev–Trinajstić information content (AvgIpc) is 3.18. The fraction of sp³-hybridized carbons (Fsp3) is 0.765. The lowest BCUT2D eigenvalue weighted by Gasteiger charge is -2.33. The maximum absolute atomic E-state index is 12.5. The topological polar surface area (TPSA) is 58.4 Å². The molecule has 1 aromatic rings. The molecule has 5 nitrogen and oxygen atoms in total. The van der Waals surface area contributed by atoms with Gasteiger partial charge in [0, 0.05) is 43.4 Å². The number of rotatable bonds is 4. The summed E-state index contributed by atoms with van der Waals surface area (Å²) in [4.78, 5) is 19.1. The van der Waals surface area contributed by atoms with E-state index in [1.165, 1.54) is 12.8 Å². The zero-order chi connectivity index (χ0) is 15.5. The number of hydrogen-bond donors (Lipinski definition) is 1. The molecule has 0 aromatic carbocycles. The van der Waals surface area contributed by atoms with Crippen molar-refractivity contribution in [2.24, 2.45) is 5.92 Å². The van der Waals surface area contributed by atoms with Crippen molar-refractivity contribution in [1.29, 1.82) is 0 Å². The predicted molar refractivity (Wildman–Crippen MR) is 84.6 cm³/mol. The largest absolute Gasteiger partial charge is 0.395 e. The first-order chi connectivity index (χ1) is 10.7. The van der Waals surface area contributed by atoms with E-state index in [1.54, 1.807) is 0 Å². The van der Waals surface area contributed by atoms with Crippen LogP contribution in [0.3, 0.4) is 0 Å². The summed E-state index contributed by atoms with van der Waals surface area (Å²) in [7, 11) is 0. The third kappa shape index (κ3) is 3.05. The van der Waals surface area contributed by atoms with Crippen LogP contribution in [0.5, 0.6) is 0 Å². The van der Waals surface area contributed by atoms with Crippen LogP contribution in [0.4, 0.5) is 0 Å². The van der Waals surface area contributed by atoms with Crippen molar-refractivity contribution in [3.63, 3.8) is 0 Å². The minimum absolute atomic E-state index is 0.142. The van der Waals surface area contributed by atoms with Gasteiger partial charge in [-0.2, -0.15) is 0 Å². The van der Waals surface area contributed by atoms with Crippen LogP contribution in [-0.2, 0) is 11.3 Å². The monoisotopic (exact) mass is 305 g/mol. The number of carbonyl (C=O) groups is 1. The molecule has 1 aliphatic carbocycles. The third-order valence-electron chi connectivity index (χ3n) is 5.29. The molecule has 1 amide bonds. The van der Waals surface area contributed by atoms with Crippen molar-refractivity contribution < 1.29 is 9.90 Å². The van der Waals surface area contributed by atoms with E-state index in [4.69, 9.17) is 0 Å². The summed E-state index contributed by atoms with van der Waals surface area (Å²) in [5.41, 5.74) is 1.11. The van der Waals surface area contributed by atoms with Crippen LogP contribution in [0.1, 0.15) is 56.0 Å². The summed E-state index contributed by atoms with van der Waals surface area (Å²) in [6, 6.07) is 0. The maximum Gasteiger partial charge on any atom is 0.225 e. The highest BCUT2D eigenvalue weighted by Crippen LogP contribution is 2.31. The Kier molecular flexibility index (Phi) is 4.81. The van der Waals surface area contributed by atoms with Gasteiger partial charge in [-0.15, -0.1) is 0 Å². The molecule has 2 aliphatic rings. The third-order valence-corrected chi connectivity index (χ3v) is 5.29. The van der Waals surface area contributed by atoms with E-state index in [1.807, 2.05) is 13.1 Å². The highest BCUT2D eigenvalue weighted by atomic mass is 16.3. The fourth-order valence-corrected chi connectivity index (χ4v) is 3.99. The second kappa shape index (κ2) is 6.82. The van der Waals surface area contributed by atoms with Crippen LogP contribution >= 0.6 is 0 Å². The number of aliphatic hydroxyl groups is 1. The summed E-state index contributed by atoms with van der Waals surface area (Å²) in [6.45, 7) is 4.49. The lowest BCUT2D eigenvalue weighted by Crippen LogP contribution is -2.41. The molecule has 0 radical (unpaired) electrons. The number of imidazole rings is 1. The highest BCUT2D eigenvalue weighted by molar-refractivity contribution is 5.79. The molecule has 5 heteroatoms. The van der Waals surface area contributed by atoms with Gasteiger partial charge >= 0.3 is 0 Å². The Morgan fingerprint density at radius 2 is 1.95 bits per heavy atom. The van der Waals surface area contributed by atoms with Crippen LogP contribution < -0.4 is 0 Å². The number of aliphatic hydroxyl groups excluding tert-OH is 1. The molecule has 1 N–H and O–H groups in total. The zero-order valence-corrected chi connectivity index (χ0v) is 13.5. The second-order valence-corrected chi connectivity index (χ2v) is 6.71. The molecule has 1 aromatic heterocycles. The molecule has 1 saturated heterocycles. The van der Waals surface area contributed by atoms with Crippen LogP contribution in [0, 0.1) is 12.8 Å². The van der Waals surface area contributed by atoms with Crippen LogP contribution in [0.25, 0.3) is 0 Å². The van der Waals surface area contributed by atoms with Gasteiger partial charge in [-0.25, -0.2) is 4.98 Å². The first kappa shape index (κ1) is 15.5. The lowest BCUT2D eigenvalue weighted by molar-refractivity contribution is -0.136. The molecular formula is C17H27N3O2. The normalized spacial score (nSPS) is 20.7. The Morgan fingerprint density at radius 3 is 2.59 bits per heavy atom. The van der Waals surface area contributed by atoms with Gasteiger partial charge in [-0.1, -0.05) is 12.8 Å². The van der Waals surface area contributed by atoms with E-state index in [0.717, 1.165) is 50.3 Å². The van der Waals surface area contributed by atoms with Gasteiger partial charge in [-0.05, 0) is 32.6 Å². The number of piperidine rings is 1. The molecule has 2 fully saturated rings. The van der Waals surface area contributed by atoms with Gasteiger partial charge < -0.3 is 14.6 Å². The number of nitrogens with zero attached hydrogens (tertiary/aromatic N) is 3. The molecule has 3 rings (SSSR count). The Balaban J connectivity index is 1.60. The molecule has 2 heterocycles. The summed E-state index contributed by atoms with van der Waals surface area (Å²) < 4.78 is 2.12. The Labute approximate surface area is 132 Å². The Hall–Kier alpha value is -1.36. The summed E-state index contributed by atoms with van der Waals surface area (Å²) in [5.74, 6) is 2.16. The van der Waals surface area contributed by atoms with Crippen LogP contribution in [-0.4, -0.2) is 45.2 Å². The van der Waals surface area contributed by atoms with E-state index in [-0.39, 0.29) is 12.5 Å². The van der Waals surface area contributed by atoms with E-state index < -0.39 is 0 Å². The van der Waals surface area contributed by atoms with Crippen LogP contribution in [0.15, 0.2) is 6.20 Å². The van der Waals surface area contributed by atoms with E-state index in [2.05, 4.69) is 14.5 Å². The van der Waals surface area contributed by atoms with Crippen molar-refractivity contribution in [3.05, 3.63) is 17.7 Å². The maximum atomic E-state index is 12.5. The van der Waals surface area contributed by atoms with Crippen molar-refractivity contribution in [3.8, 4) is 0 Å². The standard InChI is InChI=1S/C17H27N3O2/c1-13-12-18-16(20(13)10-11-21)14-6-8-19(9-7-14)17(22)15-4-2-3-5-15/h12,14-15,21H,2-11H2,1H3. The SMILES string of the molecule is Cc1cnc(C2CCN(C(=O)C3CCCC3)CC2)n1CCO. The van der Waals surface area contributed by atoms with Crippen molar-refractivity contribution in [1.82, 2.24) is 14.5 Å². The molecule has 1 saturated carbocycles. The highest BCUT2D eigenvalue weighted by Gasteiger charge is 2.31. The first-order valence-corrected chi connectivity index (χ1v) is 8.62. The Bertz CT molecular complexity index is 512. The van der Waals surface area contributed by atoms with Crippen molar-refractivity contribution in [2.45, 2.75) is 57.9 Å². The van der Waals surface area contributed by atoms with E-state index in [0.29, 0.717) is 18.4 Å². The predicted octanol–water partition coefficient (Wildman–Crippen LogP) is 2.08. The number of hydrogen-bond acceptors (Lipinski definition) is 3. The van der Waals surface area contributed by atoms with Gasteiger partial charge in [0.25, 0.3) is 0 Å². The van der Waals surface area contributed by atoms with Gasteiger partial charge in [0.05, 0.1) is 6.61 Å². The van der Waals surface area contributed by atoms with Gasteiger partial charge in [0.15, 0.2) is 0 Å². The minimum Gasteiger partial charge on any atom is -0.395 e. The number of amides is 1. The van der Waals surface area contributed by atoms with Gasteiger partial charge in [0.1, 0.15) is 5.82 Å².